The molecule has 0 fully saturated rings. The second-order valence-electron chi connectivity index (χ2n) is 7.56. The number of carbonyl (C=O) groups is 1. The molecule has 0 bridgehead atoms. The lowest BCUT2D eigenvalue weighted by Gasteiger charge is -2.11. The van der Waals surface area contributed by atoms with Crippen LogP contribution >= 0.6 is 11.8 Å². The van der Waals surface area contributed by atoms with E-state index in [1.54, 1.807) is 0 Å². The third-order valence-corrected chi connectivity index (χ3v) is 6.22. The zero-order valence-corrected chi connectivity index (χ0v) is 18.7. The molecule has 4 nitrogen and oxygen atoms in total. The maximum absolute atomic E-state index is 12.6. The number of thioether (sulfide) groups is 1. The molecule has 0 aliphatic heterocycles. The van der Waals surface area contributed by atoms with Crippen molar-refractivity contribution in [2.75, 3.05) is 11.1 Å². The Labute approximate surface area is 187 Å². The largest absolute Gasteiger partial charge is 0.325 e. The number of rotatable bonds is 6. The summed E-state index contributed by atoms with van der Waals surface area (Å²) in [6.07, 6.45) is 2.03. The number of nitrogens with zero attached hydrogens (tertiary/aromatic N) is 2. The van der Waals surface area contributed by atoms with Crippen molar-refractivity contribution >= 4 is 23.4 Å². The van der Waals surface area contributed by atoms with Crippen molar-refractivity contribution in [3.05, 3.63) is 95.7 Å². The van der Waals surface area contributed by atoms with Crippen LogP contribution in [0.3, 0.4) is 0 Å². The highest BCUT2D eigenvalue weighted by Gasteiger charge is 2.14. The second-order valence-corrected chi connectivity index (χ2v) is 8.51. The van der Waals surface area contributed by atoms with Gasteiger partial charge in [0.05, 0.1) is 11.4 Å². The quantitative estimate of drug-likeness (QED) is 0.373. The number of amides is 1. The summed E-state index contributed by atoms with van der Waals surface area (Å²) >= 11 is 1.44. The molecule has 0 atom stereocenters. The van der Waals surface area contributed by atoms with Crippen LogP contribution in [0.25, 0.3) is 16.9 Å². The van der Waals surface area contributed by atoms with Gasteiger partial charge in [-0.2, -0.15) is 0 Å². The molecule has 1 heterocycles. The predicted octanol–water partition coefficient (Wildman–Crippen LogP) is 6.20. The molecule has 0 unspecified atom stereocenters. The number of aryl methyl sites for hydroxylation is 2. The van der Waals surface area contributed by atoms with Crippen molar-refractivity contribution < 1.29 is 4.79 Å². The number of carbonyl (C=O) groups excluding carboxylic acids is 1. The third kappa shape index (κ3) is 4.89. The summed E-state index contributed by atoms with van der Waals surface area (Å²) in [6.45, 7) is 6.14. The van der Waals surface area contributed by atoms with E-state index in [4.69, 9.17) is 4.98 Å². The highest BCUT2D eigenvalue weighted by molar-refractivity contribution is 7.99. The van der Waals surface area contributed by atoms with Crippen molar-refractivity contribution in [3.8, 4) is 16.9 Å². The third-order valence-electron chi connectivity index (χ3n) is 5.27. The standard InChI is InChI=1S/C26H25N3OS/c1-18-12-14-22(15-13-18)29-16-24(21-9-5-4-6-10-21)28-26(29)31-17-25(30)27-23-11-7-8-19(2)20(23)3/h4-16H,17H2,1-3H3,(H,27,30). The van der Waals surface area contributed by atoms with Gasteiger partial charge in [0.25, 0.3) is 0 Å². The topological polar surface area (TPSA) is 46.9 Å². The molecule has 1 amide bonds. The van der Waals surface area contributed by atoms with Crippen LogP contribution in [0.1, 0.15) is 16.7 Å². The Kier molecular flexibility index (Phi) is 6.23. The Balaban J connectivity index is 1.57. The van der Waals surface area contributed by atoms with Crippen molar-refractivity contribution in [2.24, 2.45) is 0 Å². The van der Waals surface area contributed by atoms with E-state index in [1.807, 2.05) is 68.6 Å². The minimum Gasteiger partial charge on any atom is -0.325 e. The number of imidazole rings is 1. The number of benzene rings is 3. The van der Waals surface area contributed by atoms with Gasteiger partial charge in [-0.25, -0.2) is 4.98 Å². The van der Waals surface area contributed by atoms with Gasteiger partial charge in [0, 0.05) is 23.1 Å². The Morgan fingerprint density at radius 1 is 0.935 bits per heavy atom. The molecule has 4 aromatic rings. The van der Waals surface area contributed by atoms with Crippen molar-refractivity contribution in [1.29, 1.82) is 0 Å². The molecular weight excluding hydrogens is 402 g/mol. The van der Waals surface area contributed by atoms with Gasteiger partial charge < -0.3 is 5.32 Å². The fourth-order valence-corrected chi connectivity index (χ4v) is 4.10. The van der Waals surface area contributed by atoms with Gasteiger partial charge in [-0.3, -0.25) is 9.36 Å². The minimum absolute atomic E-state index is 0.0431. The van der Waals surface area contributed by atoms with E-state index in [2.05, 4.69) is 41.1 Å². The zero-order valence-electron chi connectivity index (χ0n) is 17.9. The first-order chi connectivity index (χ1) is 15.0. The Morgan fingerprint density at radius 2 is 1.68 bits per heavy atom. The summed E-state index contributed by atoms with van der Waals surface area (Å²) in [5, 5.41) is 3.82. The summed E-state index contributed by atoms with van der Waals surface area (Å²) in [5.41, 5.74) is 7.28. The number of hydrogen-bond donors (Lipinski definition) is 1. The number of anilines is 1. The second kappa shape index (κ2) is 9.23. The highest BCUT2D eigenvalue weighted by Crippen LogP contribution is 2.28. The molecule has 4 rings (SSSR count). The lowest BCUT2D eigenvalue weighted by Crippen LogP contribution is -2.15. The fourth-order valence-electron chi connectivity index (χ4n) is 3.31. The molecule has 0 aliphatic rings. The van der Waals surface area contributed by atoms with E-state index >= 15 is 0 Å². The monoisotopic (exact) mass is 427 g/mol. The van der Waals surface area contributed by atoms with Gasteiger partial charge in [0.1, 0.15) is 0 Å². The molecule has 0 aliphatic carbocycles. The van der Waals surface area contributed by atoms with E-state index in [1.165, 1.54) is 17.3 Å². The van der Waals surface area contributed by atoms with Crippen molar-refractivity contribution in [1.82, 2.24) is 9.55 Å². The average Bonchev–Trinajstić information content (AvgIpc) is 3.21. The molecule has 1 N–H and O–H groups in total. The van der Waals surface area contributed by atoms with Crippen LogP contribution in [-0.4, -0.2) is 21.2 Å². The molecule has 31 heavy (non-hydrogen) atoms. The lowest BCUT2D eigenvalue weighted by molar-refractivity contribution is -0.113. The van der Waals surface area contributed by atoms with Crippen LogP contribution in [0.15, 0.2) is 84.1 Å². The normalized spacial score (nSPS) is 10.8. The Morgan fingerprint density at radius 3 is 2.42 bits per heavy atom. The molecular formula is C26H25N3OS. The van der Waals surface area contributed by atoms with Crippen LogP contribution in [0.4, 0.5) is 5.69 Å². The number of aromatic nitrogens is 2. The molecule has 156 valence electrons. The first kappa shape index (κ1) is 20.9. The smallest absolute Gasteiger partial charge is 0.234 e. The molecule has 0 saturated heterocycles. The Bertz CT molecular complexity index is 1200. The summed E-state index contributed by atoms with van der Waals surface area (Å²) in [6, 6.07) is 24.3. The SMILES string of the molecule is Cc1ccc(-n2cc(-c3ccccc3)nc2SCC(=O)Nc2cccc(C)c2C)cc1. The van der Waals surface area contributed by atoms with Crippen molar-refractivity contribution in [2.45, 2.75) is 25.9 Å². The molecule has 0 spiro atoms. The molecule has 0 saturated carbocycles. The summed E-state index contributed by atoms with van der Waals surface area (Å²) in [5.74, 6) is 0.239. The van der Waals surface area contributed by atoms with Gasteiger partial charge in [-0.15, -0.1) is 0 Å². The predicted molar refractivity (Wildman–Crippen MR) is 129 cm³/mol. The first-order valence-electron chi connectivity index (χ1n) is 10.2. The van der Waals surface area contributed by atoms with Gasteiger partial charge in [-0.1, -0.05) is 71.9 Å². The maximum atomic E-state index is 12.6. The maximum Gasteiger partial charge on any atom is 0.234 e. The fraction of sp³-hybridized carbons (Fsp3) is 0.154. The zero-order chi connectivity index (χ0) is 21.8. The summed E-state index contributed by atoms with van der Waals surface area (Å²) in [4.78, 5) is 17.5. The van der Waals surface area contributed by atoms with E-state index in [9.17, 15) is 4.79 Å². The van der Waals surface area contributed by atoms with E-state index < -0.39 is 0 Å². The van der Waals surface area contributed by atoms with Gasteiger partial charge in [-0.05, 0) is 50.1 Å². The van der Waals surface area contributed by atoms with Gasteiger partial charge in [0.2, 0.25) is 5.91 Å². The minimum atomic E-state index is -0.0431. The van der Waals surface area contributed by atoms with Crippen LogP contribution in [0.5, 0.6) is 0 Å². The van der Waals surface area contributed by atoms with Gasteiger partial charge >= 0.3 is 0 Å². The molecule has 1 aromatic heterocycles. The van der Waals surface area contributed by atoms with Gasteiger partial charge in [0.15, 0.2) is 5.16 Å². The van der Waals surface area contributed by atoms with Crippen LogP contribution in [-0.2, 0) is 4.79 Å². The highest BCUT2D eigenvalue weighted by atomic mass is 32.2. The number of hydrogen-bond acceptors (Lipinski definition) is 3. The average molecular weight is 428 g/mol. The van der Waals surface area contributed by atoms with E-state index in [0.29, 0.717) is 0 Å². The van der Waals surface area contributed by atoms with E-state index in [0.717, 1.165) is 38.9 Å². The van der Waals surface area contributed by atoms with Crippen LogP contribution in [0.2, 0.25) is 0 Å². The molecule has 5 heteroatoms. The summed E-state index contributed by atoms with van der Waals surface area (Å²) in [7, 11) is 0. The molecule has 0 radical (unpaired) electrons. The molecule has 3 aromatic carbocycles. The van der Waals surface area contributed by atoms with Crippen LogP contribution < -0.4 is 5.32 Å². The van der Waals surface area contributed by atoms with E-state index in [-0.39, 0.29) is 11.7 Å². The Hall–Kier alpha value is -3.31. The number of nitrogens with one attached hydrogen (secondary N) is 1. The van der Waals surface area contributed by atoms with Crippen LogP contribution in [0, 0.1) is 20.8 Å². The lowest BCUT2D eigenvalue weighted by atomic mass is 10.1. The summed E-state index contributed by atoms with van der Waals surface area (Å²) < 4.78 is 2.05. The van der Waals surface area contributed by atoms with Crippen molar-refractivity contribution in [3.63, 3.8) is 0 Å². The first-order valence-corrected chi connectivity index (χ1v) is 11.2.